The fourth-order valence-electron chi connectivity index (χ4n) is 2.14. The van der Waals surface area contributed by atoms with Crippen molar-refractivity contribution >= 4 is 11.6 Å². The zero-order valence-electron chi connectivity index (χ0n) is 12.5. The summed E-state index contributed by atoms with van der Waals surface area (Å²) in [6.45, 7) is 3.81. The van der Waals surface area contributed by atoms with Crippen molar-refractivity contribution in [3.63, 3.8) is 0 Å². The molecule has 0 spiro atoms. The van der Waals surface area contributed by atoms with Crippen LogP contribution in [0.1, 0.15) is 31.0 Å². The number of nitrogens with one attached hydrogen (secondary N) is 2. The molecule has 0 aliphatic carbocycles. The van der Waals surface area contributed by atoms with Gasteiger partial charge in [0.05, 0.1) is 0 Å². The summed E-state index contributed by atoms with van der Waals surface area (Å²) in [6, 6.07) is 10.7. The average Bonchev–Trinajstić information content (AvgIpc) is 2.45. The number of carbonyl (C=O) groups excluding carboxylic acids is 1. The van der Waals surface area contributed by atoms with Crippen molar-refractivity contribution in [2.75, 3.05) is 5.32 Å². The Morgan fingerprint density at radius 2 is 1.82 bits per heavy atom. The second-order valence-corrected chi connectivity index (χ2v) is 5.15. The van der Waals surface area contributed by atoms with Gasteiger partial charge in [0.2, 0.25) is 5.91 Å². The number of amides is 1. The van der Waals surface area contributed by atoms with Crippen LogP contribution < -0.4 is 10.6 Å². The number of carbonyl (C=O) groups is 1. The quantitative estimate of drug-likeness (QED) is 0.883. The first-order valence-electron chi connectivity index (χ1n) is 7.00. The van der Waals surface area contributed by atoms with Crippen LogP contribution in [0.4, 0.5) is 14.5 Å². The van der Waals surface area contributed by atoms with Gasteiger partial charge in [0, 0.05) is 36.8 Å². The molecule has 1 atom stereocenters. The Balaban J connectivity index is 1.95. The Morgan fingerprint density at radius 3 is 2.41 bits per heavy atom. The first kappa shape index (κ1) is 16.1. The van der Waals surface area contributed by atoms with Crippen LogP contribution in [-0.4, -0.2) is 5.91 Å². The molecule has 1 amide bonds. The number of halogens is 2. The average molecular weight is 304 g/mol. The van der Waals surface area contributed by atoms with Gasteiger partial charge in [-0.2, -0.15) is 0 Å². The number of benzene rings is 2. The van der Waals surface area contributed by atoms with Gasteiger partial charge in [-0.15, -0.1) is 0 Å². The maximum Gasteiger partial charge on any atom is 0.221 e. The number of hydrogen-bond donors (Lipinski definition) is 2. The van der Waals surface area contributed by atoms with Gasteiger partial charge in [-0.05, 0) is 30.7 Å². The molecule has 3 nitrogen and oxygen atoms in total. The summed E-state index contributed by atoms with van der Waals surface area (Å²) in [4.78, 5) is 10.9. The van der Waals surface area contributed by atoms with E-state index in [9.17, 15) is 13.6 Å². The third-order valence-corrected chi connectivity index (χ3v) is 3.32. The van der Waals surface area contributed by atoms with Crippen molar-refractivity contribution in [1.29, 1.82) is 0 Å². The van der Waals surface area contributed by atoms with Crippen LogP contribution in [-0.2, 0) is 11.3 Å². The van der Waals surface area contributed by atoms with Crippen LogP contribution in [0.3, 0.4) is 0 Å². The Labute approximate surface area is 128 Å². The lowest BCUT2D eigenvalue weighted by Crippen LogP contribution is -2.19. The maximum absolute atomic E-state index is 13.7. The van der Waals surface area contributed by atoms with Crippen LogP contribution in [0.5, 0.6) is 0 Å². The van der Waals surface area contributed by atoms with Crippen LogP contribution in [0.2, 0.25) is 0 Å². The van der Waals surface area contributed by atoms with Gasteiger partial charge in [-0.25, -0.2) is 8.78 Å². The van der Waals surface area contributed by atoms with E-state index in [1.165, 1.54) is 19.1 Å². The summed E-state index contributed by atoms with van der Waals surface area (Å²) in [5.74, 6) is -1.26. The van der Waals surface area contributed by atoms with Crippen molar-refractivity contribution in [2.45, 2.75) is 26.4 Å². The van der Waals surface area contributed by atoms with E-state index in [0.717, 1.165) is 17.3 Å². The lowest BCUT2D eigenvalue weighted by atomic mass is 10.1. The molecule has 0 aromatic heterocycles. The zero-order valence-corrected chi connectivity index (χ0v) is 12.5. The number of hydrogen-bond acceptors (Lipinski definition) is 2. The molecule has 22 heavy (non-hydrogen) atoms. The van der Waals surface area contributed by atoms with Crippen LogP contribution in [0.15, 0.2) is 42.5 Å². The summed E-state index contributed by atoms with van der Waals surface area (Å²) < 4.78 is 26.6. The molecule has 0 radical (unpaired) electrons. The van der Waals surface area contributed by atoms with Gasteiger partial charge in [0.25, 0.3) is 0 Å². The molecule has 2 N–H and O–H groups in total. The number of anilines is 1. The third kappa shape index (κ3) is 4.36. The molecule has 0 aliphatic rings. The van der Waals surface area contributed by atoms with E-state index in [-0.39, 0.29) is 11.9 Å². The second-order valence-electron chi connectivity index (χ2n) is 5.15. The number of rotatable bonds is 5. The van der Waals surface area contributed by atoms with Crippen molar-refractivity contribution in [3.8, 4) is 0 Å². The molecule has 0 unspecified atom stereocenters. The van der Waals surface area contributed by atoms with Crippen molar-refractivity contribution in [1.82, 2.24) is 5.32 Å². The molecule has 0 heterocycles. The SMILES string of the molecule is CC(=O)Nc1ccc(CN[C@H](C)c2ccc(F)cc2F)cc1. The Hall–Kier alpha value is -2.27. The van der Waals surface area contributed by atoms with Gasteiger partial charge in [-0.1, -0.05) is 18.2 Å². The van der Waals surface area contributed by atoms with E-state index in [4.69, 9.17) is 0 Å². The predicted molar refractivity (Wildman–Crippen MR) is 82.4 cm³/mol. The van der Waals surface area contributed by atoms with Gasteiger partial charge >= 0.3 is 0 Å². The molecule has 0 aliphatic heterocycles. The van der Waals surface area contributed by atoms with E-state index < -0.39 is 11.6 Å². The van der Waals surface area contributed by atoms with E-state index in [1.54, 1.807) is 0 Å². The van der Waals surface area contributed by atoms with Crippen molar-refractivity contribution in [2.24, 2.45) is 0 Å². The minimum atomic E-state index is -0.581. The van der Waals surface area contributed by atoms with Gasteiger partial charge < -0.3 is 10.6 Å². The molecular formula is C17H18F2N2O. The molecule has 0 fully saturated rings. The fourth-order valence-corrected chi connectivity index (χ4v) is 2.14. The first-order chi connectivity index (χ1) is 10.5. The second kappa shape index (κ2) is 7.13. The summed E-state index contributed by atoms with van der Waals surface area (Å²) in [5.41, 5.74) is 2.16. The monoisotopic (exact) mass is 304 g/mol. The largest absolute Gasteiger partial charge is 0.326 e. The molecule has 2 aromatic rings. The lowest BCUT2D eigenvalue weighted by Gasteiger charge is -2.15. The lowest BCUT2D eigenvalue weighted by molar-refractivity contribution is -0.114. The molecule has 2 aromatic carbocycles. The summed E-state index contributed by atoms with van der Waals surface area (Å²) >= 11 is 0. The summed E-state index contributed by atoms with van der Waals surface area (Å²) in [6.07, 6.45) is 0. The third-order valence-electron chi connectivity index (χ3n) is 3.32. The summed E-state index contributed by atoms with van der Waals surface area (Å²) in [5, 5.41) is 5.88. The van der Waals surface area contributed by atoms with E-state index in [2.05, 4.69) is 10.6 Å². The van der Waals surface area contributed by atoms with E-state index in [0.29, 0.717) is 12.1 Å². The van der Waals surface area contributed by atoms with Gasteiger partial charge in [0.15, 0.2) is 0 Å². The summed E-state index contributed by atoms with van der Waals surface area (Å²) in [7, 11) is 0. The highest BCUT2D eigenvalue weighted by atomic mass is 19.1. The van der Waals surface area contributed by atoms with Crippen molar-refractivity contribution in [3.05, 3.63) is 65.2 Å². The topological polar surface area (TPSA) is 41.1 Å². The van der Waals surface area contributed by atoms with Crippen LogP contribution >= 0.6 is 0 Å². The molecule has 2 rings (SSSR count). The highest BCUT2D eigenvalue weighted by Gasteiger charge is 2.11. The normalized spacial score (nSPS) is 12.0. The minimum Gasteiger partial charge on any atom is -0.326 e. The highest BCUT2D eigenvalue weighted by Crippen LogP contribution is 2.18. The highest BCUT2D eigenvalue weighted by molar-refractivity contribution is 5.88. The Morgan fingerprint density at radius 1 is 1.14 bits per heavy atom. The van der Waals surface area contributed by atoms with E-state index in [1.807, 2.05) is 31.2 Å². The molecule has 116 valence electrons. The van der Waals surface area contributed by atoms with E-state index >= 15 is 0 Å². The predicted octanol–water partition coefficient (Wildman–Crippen LogP) is 3.77. The van der Waals surface area contributed by atoms with Crippen LogP contribution in [0, 0.1) is 11.6 Å². The molecule has 0 saturated carbocycles. The van der Waals surface area contributed by atoms with Gasteiger partial charge in [-0.3, -0.25) is 4.79 Å². The Bertz CT molecular complexity index is 656. The van der Waals surface area contributed by atoms with Gasteiger partial charge in [0.1, 0.15) is 11.6 Å². The molecular weight excluding hydrogens is 286 g/mol. The first-order valence-corrected chi connectivity index (χ1v) is 7.00. The Kier molecular flexibility index (Phi) is 5.22. The fraction of sp³-hybridized carbons (Fsp3) is 0.235. The van der Waals surface area contributed by atoms with Crippen LogP contribution in [0.25, 0.3) is 0 Å². The zero-order chi connectivity index (χ0) is 16.1. The standard InChI is InChI=1S/C17H18F2N2O/c1-11(16-8-5-14(18)9-17(16)19)20-10-13-3-6-15(7-4-13)21-12(2)22/h3-9,11,20H,10H2,1-2H3,(H,21,22)/t11-/m1/s1. The molecule has 0 saturated heterocycles. The smallest absolute Gasteiger partial charge is 0.221 e. The maximum atomic E-state index is 13.7. The minimum absolute atomic E-state index is 0.119. The molecule has 0 bridgehead atoms. The van der Waals surface area contributed by atoms with Crippen molar-refractivity contribution < 1.29 is 13.6 Å². The molecule has 5 heteroatoms.